The molecule has 10 heteroatoms. The summed E-state index contributed by atoms with van der Waals surface area (Å²) in [6.07, 6.45) is -1.92. The highest BCUT2D eigenvalue weighted by Gasteiger charge is 2.45. The van der Waals surface area contributed by atoms with Gasteiger partial charge < -0.3 is 18.9 Å². The van der Waals surface area contributed by atoms with Gasteiger partial charge in [0.05, 0.1) is 16.6 Å². The van der Waals surface area contributed by atoms with Crippen LogP contribution in [0.1, 0.15) is 54.8 Å². The van der Waals surface area contributed by atoms with Gasteiger partial charge in [-0.3, -0.25) is 24.0 Å². The predicted octanol–water partition coefficient (Wildman–Crippen LogP) is 2.92. The Bertz CT molecular complexity index is 1180. The Kier molecular flexibility index (Phi) is 7.07. The van der Waals surface area contributed by atoms with Gasteiger partial charge in [0.15, 0.2) is 29.7 Å². The minimum atomic E-state index is -1.01. The van der Waals surface area contributed by atoms with E-state index < -0.39 is 42.0 Å². The SMILES string of the molecule is CC(=O)OC1CC(OC2SC(C(C)=O)=CC3=C2C(=O)c2ccccc2C3=O)OC(C)C1OC(C)=O. The number of carbonyl (C=O) groups is 5. The predicted molar refractivity (Wildman–Crippen MR) is 123 cm³/mol. The van der Waals surface area contributed by atoms with Crippen LogP contribution in [0.2, 0.25) is 0 Å². The standard InChI is InChI=1S/C25H24O9S/c1-11(26)19-9-17-21(23(30)16-8-6-5-7-15(16)22(17)29)25(35-19)34-20-10-18(32-13(3)27)24(12(2)31-20)33-14(4)28/h5-9,12,18,20,24-25H,10H2,1-4H3. The molecule has 0 saturated carbocycles. The summed E-state index contributed by atoms with van der Waals surface area (Å²) in [7, 11) is 0. The maximum Gasteiger partial charge on any atom is 0.303 e. The summed E-state index contributed by atoms with van der Waals surface area (Å²) in [6.45, 7) is 5.49. The molecule has 1 aromatic carbocycles. The molecule has 35 heavy (non-hydrogen) atoms. The normalized spacial score (nSPS) is 28.0. The molecule has 2 heterocycles. The van der Waals surface area contributed by atoms with Crippen molar-refractivity contribution in [2.45, 2.75) is 64.2 Å². The number of ketones is 3. The van der Waals surface area contributed by atoms with Gasteiger partial charge in [0, 0.05) is 37.0 Å². The number of carbonyl (C=O) groups excluding carboxylic acids is 5. The number of rotatable bonds is 5. The zero-order valence-corrected chi connectivity index (χ0v) is 20.4. The van der Waals surface area contributed by atoms with Gasteiger partial charge in [-0.2, -0.15) is 0 Å². The van der Waals surface area contributed by atoms with Crippen molar-refractivity contribution in [3.8, 4) is 0 Å². The van der Waals surface area contributed by atoms with Crippen molar-refractivity contribution in [2.75, 3.05) is 0 Å². The fraction of sp³-hybridized carbons (Fsp3) is 0.400. The minimum absolute atomic E-state index is 0.0133. The Hall–Kier alpha value is -3.08. The van der Waals surface area contributed by atoms with Gasteiger partial charge in [0.1, 0.15) is 11.5 Å². The van der Waals surface area contributed by atoms with Crippen LogP contribution in [0.25, 0.3) is 0 Å². The van der Waals surface area contributed by atoms with E-state index in [1.807, 2.05) is 0 Å². The summed E-state index contributed by atoms with van der Waals surface area (Å²) in [5.74, 6) is -2.14. The molecule has 0 aromatic heterocycles. The quantitative estimate of drug-likeness (QED) is 0.558. The van der Waals surface area contributed by atoms with Gasteiger partial charge in [-0.1, -0.05) is 36.0 Å². The second-order valence-electron chi connectivity index (χ2n) is 8.41. The fourth-order valence-corrected chi connectivity index (χ4v) is 5.44. The minimum Gasteiger partial charge on any atom is -0.458 e. The Morgan fingerprint density at radius 2 is 1.60 bits per heavy atom. The van der Waals surface area contributed by atoms with E-state index in [0.717, 1.165) is 11.8 Å². The lowest BCUT2D eigenvalue weighted by molar-refractivity contribution is -0.256. The molecule has 4 rings (SSSR count). The lowest BCUT2D eigenvalue weighted by atomic mass is 9.83. The molecule has 9 nitrogen and oxygen atoms in total. The van der Waals surface area contributed by atoms with Crippen LogP contribution in [-0.2, 0) is 33.3 Å². The van der Waals surface area contributed by atoms with Crippen LogP contribution in [0.3, 0.4) is 0 Å². The summed E-state index contributed by atoms with van der Waals surface area (Å²) in [6, 6.07) is 6.49. The highest BCUT2D eigenvalue weighted by Crippen LogP contribution is 2.43. The number of esters is 2. The average molecular weight is 501 g/mol. The first-order chi connectivity index (χ1) is 16.6. The number of thioether (sulfide) groups is 1. The van der Waals surface area contributed by atoms with Gasteiger partial charge >= 0.3 is 11.9 Å². The van der Waals surface area contributed by atoms with E-state index in [0.29, 0.717) is 0 Å². The van der Waals surface area contributed by atoms with Crippen LogP contribution >= 0.6 is 11.8 Å². The van der Waals surface area contributed by atoms with E-state index in [1.165, 1.54) is 26.8 Å². The molecule has 1 aliphatic carbocycles. The Morgan fingerprint density at radius 3 is 2.20 bits per heavy atom. The van der Waals surface area contributed by atoms with Crippen molar-refractivity contribution in [3.63, 3.8) is 0 Å². The van der Waals surface area contributed by atoms with Crippen molar-refractivity contribution in [2.24, 2.45) is 0 Å². The molecule has 0 bridgehead atoms. The average Bonchev–Trinajstić information content (AvgIpc) is 2.78. The van der Waals surface area contributed by atoms with E-state index in [-0.39, 0.29) is 50.9 Å². The molecule has 3 aliphatic rings. The van der Waals surface area contributed by atoms with Crippen LogP contribution in [0, 0.1) is 0 Å². The summed E-state index contributed by atoms with van der Waals surface area (Å²) >= 11 is 1.01. The van der Waals surface area contributed by atoms with E-state index >= 15 is 0 Å². The molecule has 184 valence electrons. The third-order valence-corrected chi connectivity index (χ3v) is 7.02. The lowest BCUT2D eigenvalue weighted by Gasteiger charge is -2.40. The summed E-state index contributed by atoms with van der Waals surface area (Å²) in [4.78, 5) is 62.3. The topological polar surface area (TPSA) is 122 Å². The number of benzene rings is 1. The first-order valence-corrected chi connectivity index (χ1v) is 11.9. The molecule has 2 aliphatic heterocycles. The first-order valence-electron chi connectivity index (χ1n) is 11.0. The summed E-state index contributed by atoms with van der Waals surface area (Å²) in [5.41, 5.74) is -0.246. The maximum absolute atomic E-state index is 13.4. The molecule has 1 aromatic rings. The summed E-state index contributed by atoms with van der Waals surface area (Å²) < 4.78 is 22.7. The number of Topliss-reactive ketones (excluding diaryl/α,β-unsaturated/α-hetero) is 3. The Morgan fingerprint density at radius 1 is 0.971 bits per heavy atom. The third-order valence-electron chi connectivity index (χ3n) is 5.80. The van der Waals surface area contributed by atoms with Gasteiger partial charge in [0.2, 0.25) is 0 Å². The molecule has 1 saturated heterocycles. The first kappa shape index (κ1) is 25.0. The number of hydrogen-bond acceptors (Lipinski definition) is 10. The number of fused-ring (bicyclic) bond motifs is 1. The van der Waals surface area contributed by atoms with Gasteiger partial charge in [-0.15, -0.1) is 0 Å². The van der Waals surface area contributed by atoms with Crippen molar-refractivity contribution in [1.29, 1.82) is 0 Å². The molecule has 0 N–H and O–H groups in total. The number of ether oxygens (including phenoxy) is 4. The number of allylic oxidation sites excluding steroid dienone is 3. The molecule has 5 unspecified atom stereocenters. The van der Waals surface area contributed by atoms with Crippen molar-refractivity contribution in [1.82, 2.24) is 0 Å². The van der Waals surface area contributed by atoms with Gasteiger partial charge in [-0.25, -0.2) is 0 Å². The monoisotopic (exact) mass is 500 g/mol. The molecule has 0 spiro atoms. The van der Waals surface area contributed by atoms with E-state index in [2.05, 4.69) is 0 Å². The largest absolute Gasteiger partial charge is 0.458 e. The number of hydrogen-bond donors (Lipinski definition) is 0. The zero-order chi connectivity index (χ0) is 25.4. The second kappa shape index (κ2) is 9.88. The van der Waals surface area contributed by atoms with Crippen LogP contribution in [0.4, 0.5) is 0 Å². The lowest BCUT2D eigenvalue weighted by Crippen LogP contribution is -2.52. The smallest absolute Gasteiger partial charge is 0.303 e. The van der Waals surface area contributed by atoms with Crippen LogP contribution in [0.5, 0.6) is 0 Å². The van der Waals surface area contributed by atoms with Crippen molar-refractivity contribution < 1.29 is 42.9 Å². The maximum atomic E-state index is 13.4. The molecule has 0 amide bonds. The van der Waals surface area contributed by atoms with E-state index in [9.17, 15) is 24.0 Å². The molecular weight excluding hydrogens is 476 g/mol. The highest BCUT2D eigenvalue weighted by molar-refractivity contribution is 8.04. The molecule has 1 fully saturated rings. The highest BCUT2D eigenvalue weighted by atomic mass is 32.2. The van der Waals surface area contributed by atoms with Gasteiger partial charge in [0.25, 0.3) is 0 Å². The Balaban J connectivity index is 1.65. The van der Waals surface area contributed by atoms with E-state index in [1.54, 1.807) is 31.2 Å². The molecular formula is C25H24O9S. The van der Waals surface area contributed by atoms with Crippen LogP contribution in [0.15, 0.2) is 46.4 Å². The molecule has 0 radical (unpaired) electrons. The van der Waals surface area contributed by atoms with Gasteiger partial charge in [-0.05, 0) is 19.9 Å². The van der Waals surface area contributed by atoms with E-state index in [4.69, 9.17) is 18.9 Å². The summed E-state index contributed by atoms with van der Waals surface area (Å²) in [5, 5.41) is 0. The zero-order valence-electron chi connectivity index (χ0n) is 19.6. The third kappa shape index (κ3) is 5.00. The van der Waals surface area contributed by atoms with Crippen molar-refractivity contribution in [3.05, 3.63) is 57.5 Å². The second-order valence-corrected chi connectivity index (χ2v) is 9.51. The Labute approximate surface area is 205 Å². The van der Waals surface area contributed by atoms with Crippen molar-refractivity contribution >= 4 is 41.1 Å². The molecule has 5 atom stereocenters. The van der Waals surface area contributed by atoms with Crippen LogP contribution < -0.4 is 0 Å². The fourth-order valence-electron chi connectivity index (χ4n) is 4.33. The van der Waals surface area contributed by atoms with Crippen LogP contribution in [-0.4, -0.2) is 59.3 Å².